The molecule has 0 aromatic carbocycles. The van der Waals surface area contributed by atoms with Crippen molar-refractivity contribution in [2.24, 2.45) is 0 Å². The summed E-state index contributed by atoms with van der Waals surface area (Å²) in [4.78, 5) is 25.8. The fraction of sp³-hybridized carbons (Fsp3) is 0.925. The van der Waals surface area contributed by atoms with Crippen molar-refractivity contribution in [2.45, 2.75) is 286 Å². The van der Waals surface area contributed by atoms with E-state index in [-0.39, 0.29) is 26.1 Å². The number of carbonyl (C=O) groups excluding carboxylic acids is 2. The molecule has 68 heavy (non-hydrogen) atoms. The topological polar surface area (TPSA) is 231 Å². The molecule has 2 aliphatic heterocycles. The molecule has 2 aliphatic rings. The van der Waals surface area contributed by atoms with Gasteiger partial charge in [-0.25, -0.2) is 0 Å². The highest BCUT2D eigenvalue weighted by atomic mass is 16.7. The maximum atomic E-state index is 13.0. The van der Waals surface area contributed by atoms with Gasteiger partial charge in [-0.1, -0.05) is 186 Å². The minimum atomic E-state index is -1.76. The molecule has 7 N–H and O–H groups in total. The number of allylic oxidation sites excluding steroid dienone is 1. The third-order valence-corrected chi connectivity index (χ3v) is 13.4. The molecule has 0 aromatic heterocycles. The Hall–Kier alpha value is -1.76. The van der Waals surface area contributed by atoms with Gasteiger partial charge in [0.15, 0.2) is 18.7 Å². The zero-order valence-electron chi connectivity index (χ0n) is 42.2. The van der Waals surface area contributed by atoms with Crippen molar-refractivity contribution in [2.75, 3.05) is 26.4 Å². The molecule has 0 bridgehead atoms. The molecule has 0 saturated carbocycles. The fourth-order valence-corrected chi connectivity index (χ4v) is 8.90. The molecule has 15 nitrogen and oxygen atoms in total. The Kier molecular flexibility index (Phi) is 37.4. The van der Waals surface area contributed by atoms with Gasteiger partial charge in [0, 0.05) is 12.8 Å². The summed E-state index contributed by atoms with van der Waals surface area (Å²) in [5.74, 6) is -0.914. The van der Waals surface area contributed by atoms with E-state index >= 15 is 0 Å². The molecule has 0 aromatic rings. The van der Waals surface area contributed by atoms with Crippen LogP contribution in [0.5, 0.6) is 0 Å². The summed E-state index contributed by atoms with van der Waals surface area (Å²) in [6, 6.07) is 0. The van der Waals surface area contributed by atoms with Crippen LogP contribution < -0.4 is 0 Å². The second-order valence-corrected chi connectivity index (χ2v) is 19.5. The van der Waals surface area contributed by atoms with Gasteiger partial charge in [-0.15, -0.1) is 6.58 Å². The molecule has 0 spiro atoms. The van der Waals surface area contributed by atoms with Crippen LogP contribution in [0.25, 0.3) is 0 Å². The van der Waals surface area contributed by atoms with Crippen LogP contribution in [0.2, 0.25) is 0 Å². The van der Waals surface area contributed by atoms with E-state index in [1.807, 2.05) is 6.08 Å². The van der Waals surface area contributed by atoms with Gasteiger partial charge in [-0.3, -0.25) is 9.59 Å². The molecule has 2 fully saturated rings. The zero-order valence-corrected chi connectivity index (χ0v) is 42.2. The van der Waals surface area contributed by atoms with E-state index in [1.165, 1.54) is 141 Å². The maximum Gasteiger partial charge on any atom is 0.306 e. The number of carbonyl (C=O) groups is 2. The third kappa shape index (κ3) is 28.3. The van der Waals surface area contributed by atoms with Gasteiger partial charge in [-0.05, 0) is 25.7 Å². The van der Waals surface area contributed by atoms with E-state index in [2.05, 4.69) is 13.5 Å². The molecule has 2 saturated heterocycles. The first kappa shape index (κ1) is 62.4. The van der Waals surface area contributed by atoms with E-state index in [0.717, 1.165) is 44.9 Å². The van der Waals surface area contributed by atoms with Crippen LogP contribution in [-0.2, 0) is 38.0 Å². The van der Waals surface area contributed by atoms with Crippen molar-refractivity contribution >= 4 is 11.9 Å². The molecule has 11 atom stereocenters. The first-order valence-corrected chi connectivity index (χ1v) is 27.2. The summed E-state index contributed by atoms with van der Waals surface area (Å²) >= 11 is 0. The first-order chi connectivity index (χ1) is 33.0. The van der Waals surface area contributed by atoms with Crippen LogP contribution in [0.1, 0.15) is 219 Å². The molecule has 400 valence electrons. The smallest absolute Gasteiger partial charge is 0.306 e. The minimum Gasteiger partial charge on any atom is -0.462 e. The molecule has 2 heterocycles. The Morgan fingerprint density at radius 3 is 1.31 bits per heavy atom. The average molecular weight is 975 g/mol. The van der Waals surface area contributed by atoms with Gasteiger partial charge in [0.2, 0.25) is 0 Å². The van der Waals surface area contributed by atoms with E-state index in [0.29, 0.717) is 12.8 Å². The van der Waals surface area contributed by atoms with Crippen LogP contribution in [0, 0.1) is 0 Å². The monoisotopic (exact) mass is 975 g/mol. The van der Waals surface area contributed by atoms with Gasteiger partial charge >= 0.3 is 11.9 Å². The summed E-state index contributed by atoms with van der Waals surface area (Å²) in [5, 5.41) is 72.1. The second kappa shape index (κ2) is 40.8. The minimum absolute atomic E-state index is 0.171. The molecule has 0 aliphatic carbocycles. The average Bonchev–Trinajstić information content (AvgIpc) is 3.33. The number of esters is 2. The van der Waals surface area contributed by atoms with Crippen LogP contribution in [-0.4, -0.2) is 142 Å². The SMILES string of the molecule is C=CCCCCCCCCCCCCCCCC(=O)OC[C@H](CO[C@H]1O[C@@H](CO[C@H]2O[C@@H](CO)[C@@H](O)C(O)C2O)[C@@H](O)C(O)C1O)OC(=O)CCCCCCCCCCCCCCCCCCC. The van der Waals surface area contributed by atoms with Gasteiger partial charge in [0.25, 0.3) is 0 Å². The lowest BCUT2D eigenvalue weighted by molar-refractivity contribution is -0.332. The molecular weight excluding hydrogens is 877 g/mol. The first-order valence-electron chi connectivity index (χ1n) is 27.2. The Bertz CT molecular complexity index is 1220. The normalized spacial score (nSPS) is 25.6. The number of hydrogen-bond donors (Lipinski definition) is 7. The lowest BCUT2D eigenvalue weighted by atomic mass is 9.98. The lowest BCUT2D eigenvalue weighted by Crippen LogP contribution is -2.61. The van der Waals surface area contributed by atoms with Crippen molar-refractivity contribution in [1.82, 2.24) is 0 Å². The lowest BCUT2D eigenvalue weighted by Gasteiger charge is -2.42. The number of aliphatic hydroxyl groups is 7. The van der Waals surface area contributed by atoms with Gasteiger partial charge in [-0.2, -0.15) is 0 Å². The largest absolute Gasteiger partial charge is 0.462 e. The van der Waals surface area contributed by atoms with Gasteiger partial charge in [0.1, 0.15) is 55.4 Å². The quantitative estimate of drug-likeness (QED) is 0.0173. The fourth-order valence-electron chi connectivity index (χ4n) is 8.90. The highest BCUT2D eigenvalue weighted by Gasteiger charge is 2.47. The van der Waals surface area contributed by atoms with Crippen LogP contribution in [0.3, 0.4) is 0 Å². The predicted octanol–water partition coefficient (Wildman–Crippen LogP) is 8.16. The second-order valence-electron chi connectivity index (χ2n) is 19.5. The Labute approximate surface area is 410 Å². The summed E-state index contributed by atoms with van der Waals surface area (Å²) in [5.41, 5.74) is 0. The van der Waals surface area contributed by atoms with Crippen LogP contribution in [0.15, 0.2) is 12.7 Å². The van der Waals surface area contributed by atoms with Gasteiger partial charge in [0.05, 0.1) is 19.8 Å². The zero-order chi connectivity index (χ0) is 49.6. The standard InChI is InChI=1S/C53H98O15/c1-3-5-7-9-11-13-15-17-19-20-22-24-26-28-30-32-34-36-45(56)66-41(38-63-44(55)35-33-31-29-27-25-23-21-18-16-14-12-10-8-6-4-2)39-64-52-51(62)49(60)47(58)43(68-52)40-65-53-50(61)48(59)46(57)42(37-54)67-53/h4,41-43,46-54,57-62H,2-3,5-40H2,1H3/t41-,42+,43+,46-,47-,48?,49?,50?,51?,52+,53+/m1/s1. The van der Waals surface area contributed by atoms with Crippen molar-refractivity contribution in [3.05, 3.63) is 12.7 Å². The van der Waals surface area contributed by atoms with E-state index < -0.39 is 92.7 Å². The number of hydrogen-bond acceptors (Lipinski definition) is 15. The number of rotatable bonds is 44. The Morgan fingerprint density at radius 2 is 0.868 bits per heavy atom. The maximum absolute atomic E-state index is 13.0. The van der Waals surface area contributed by atoms with Gasteiger partial charge < -0.3 is 64.2 Å². The summed E-state index contributed by atoms with van der Waals surface area (Å²) < 4.78 is 33.6. The summed E-state index contributed by atoms with van der Waals surface area (Å²) in [6.45, 7) is 4.16. The van der Waals surface area contributed by atoms with E-state index in [9.17, 15) is 45.3 Å². The van der Waals surface area contributed by atoms with Crippen molar-refractivity contribution in [3.63, 3.8) is 0 Å². The molecular formula is C53H98O15. The Balaban J connectivity index is 1.77. The number of aliphatic hydroxyl groups excluding tert-OH is 7. The molecule has 0 radical (unpaired) electrons. The third-order valence-electron chi connectivity index (χ3n) is 13.4. The summed E-state index contributed by atoms with van der Waals surface area (Å²) in [6.07, 6.45) is 22.7. The van der Waals surface area contributed by atoms with Crippen LogP contribution in [0.4, 0.5) is 0 Å². The predicted molar refractivity (Wildman–Crippen MR) is 261 cm³/mol. The van der Waals surface area contributed by atoms with Crippen molar-refractivity contribution in [3.8, 4) is 0 Å². The van der Waals surface area contributed by atoms with Crippen molar-refractivity contribution in [1.29, 1.82) is 0 Å². The Morgan fingerprint density at radius 1 is 0.485 bits per heavy atom. The summed E-state index contributed by atoms with van der Waals surface area (Å²) in [7, 11) is 0. The molecule has 15 heteroatoms. The number of ether oxygens (including phenoxy) is 6. The highest BCUT2D eigenvalue weighted by Crippen LogP contribution is 2.27. The molecule has 4 unspecified atom stereocenters. The van der Waals surface area contributed by atoms with Crippen LogP contribution >= 0.6 is 0 Å². The van der Waals surface area contributed by atoms with Crippen molar-refractivity contribution < 1.29 is 73.8 Å². The molecule has 0 amide bonds. The van der Waals surface area contributed by atoms with E-state index in [1.54, 1.807) is 0 Å². The molecule has 2 rings (SSSR count). The van der Waals surface area contributed by atoms with E-state index in [4.69, 9.17) is 28.4 Å². The highest BCUT2D eigenvalue weighted by molar-refractivity contribution is 5.70. The number of unbranched alkanes of at least 4 members (excludes halogenated alkanes) is 29.